The third-order valence-electron chi connectivity index (χ3n) is 3.92. The summed E-state index contributed by atoms with van der Waals surface area (Å²) in [4.78, 5) is 14.2. The van der Waals surface area contributed by atoms with Crippen LogP contribution in [0.5, 0.6) is 11.5 Å². The minimum atomic E-state index is -0.560. The van der Waals surface area contributed by atoms with Crippen LogP contribution in [0, 0.1) is 0 Å². The van der Waals surface area contributed by atoms with Gasteiger partial charge in [0, 0.05) is 18.2 Å². The number of carbonyl (C=O) groups excluding carboxylic acids is 1. The number of aliphatic hydroxyl groups excluding tert-OH is 1. The van der Waals surface area contributed by atoms with Crippen molar-refractivity contribution >= 4 is 11.6 Å². The predicted molar refractivity (Wildman–Crippen MR) is 86.9 cm³/mol. The number of rotatable bonds is 4. The minimum absolute atomic E-state index is 0.0449. The van der Waals surface area contributed by atoms with Crippen LogP contribution in [0.1, 0.15) is 18.1 Å². The van der Waals surface area contributed by atoms with E-state index in [0.717, 1.165) is 5.56 Å². The Balaban J connectivity index is 1.78. The third-order valence-corrected chi connectivity index (χ3v) is 3.92. The highest BCUT2D eigenvalue weighted by Gasteiger charge is 2.28. The fourth-order valence-corrected chi connectivity index (χ4v) is 2.69. The zero-order valence-corrected chi connectivity index (χ0v) is 12.9. The van der Waals surface area contributed by atoms with Crippen LogP contribution >= 0.6 is 0 Å². The van der Waals surface area contributed by atoms with E-state index < -0.39 is 6.10 Å². The molecule has 0 aliphatic carbocycles. The summed E-state index contributed by atoms with van der Waals surface area (Å²) in [7, 11) is 1.58. The van der Waals surface area contributed by atoms with Crippen LogP contribution in [-0.4, -0.2) is 31.3 Å². The quantitative estimate of drug-likeness (QED) is 0.942. The van der Waals surface area contributed by atoms with Gasteiger partial charge in [-0.1, -0.05) is 24.3 Å². The van der Waals surface area contributed by atoms with E-state index in [2.05, 4.69) is 0 Å². The molecule has 1 atom stereocenters. The molecule has 1 heterocycles. The monoisotopic (exact) mass is 313 g/mol. The Bertz CT molecular complexity index is 687. The molecule has 0 saturated carbocycles. The number of aliphatic hydroxyl groups is 1. The summed E-state index contributed by atoms with van der Waals surface area (Å²) >= 11 is 0. The molecule has 1 N–H and O–H groups in total. The number of ether oxygens (including phenoxy) is 2. The zero-order chi connectivity index (χ0) is 16.2. The molecule has 2 aromatic rings. The van der Waals surface area contributed by atoms with E-state index >= 15 is 0 Å². The normalized spacial score (nSPS) is 16.6. The second kappa shape index (κ2) is 6.71. The van der Waals surface area contributed by atoms with Crippen LogP contribution in [0.3, 0.4) is 0 Å². The summed E-state index contributed by atoms with van der Waals surface area (Å²) in [6, 6.07) is 14.6. The number of nitrogens with zero attached hydrogens (tertiary/aromatic N) is 1. The van der Waals surface area contributed by atoms with Gasteiger partial charge in [-0.2, -0.15) is 0 Å². The average molecular weight is 313 g/mol. The molecule has 120 valence electrons. The molecule has 1 aliphatic rings. The number of amides is 1. The maximum absolute atomic E-state index is 12.5. The van der Waals surface area contributed by atoms with Gasteiger partial charge in [-0.3, -0.25) is 4.79 Å². The second-order valence-electron chi connectivity index (χ2n) is 5.38. The van der Waals surface area contributed by atoms with Crippen molar-refractivity contribution in [1.82, 2.24) is 0 Å². The molecule has 0 radical (unpaired) electrons. The molecule has 3 rings (SSSR count). The smallest absolute Gasteiger partial charge is 0.264 e. The lowest BCUT2D eigenvalue weighted by Crippen LogP contribution is -2.39. The van der Waals surface area contributed by atoms with E-state index in [1.165, 1.54) is 0 Å². The Morgan fingerprint density at radius 1 is 1.22 bits per heavy atom. The molecule has 23 heavy (non-hydrogen) atoms. The van der Waals surface area contributed by atoms with Crippen molar-refractivity contribution < 1.29 is 19.4 Å². The topological polar surface area (TPSA) is 59.0 Å². The van der Waals surface area contributed by atoms with Crippen molar-refractivity contribution in [2.75, 3.05) is 25.2 Å². The summed E-state index contributed by atoms with van der Waals surface area (Å²) in [5, 5.41) is 10.1. The van der Waals surface area contributed by atoms with Gasteiger partial charge >= 0.3 is 0 Å². The van der Waals surface area contributed by atoms with Crippen LogP contribution in [0.2, 0.25) is 0 Å². The number of benzene rings is 2. The lowest BCUT2D eigenvalue weighted by atomic mass is 9.98. The molecule has 5 heteroatoms. The zero-order valence-electron chi connectivity index (χ0n) is 12.9. The molecule has 2 aromatic carbocycles. The van der Waals surface area contributed by atoms with E-state index in [9.17, 15) is 9.90 Å². The molecule has 0 spiro atoms. The number of methoxy groups -OCH3 is 1. The molecule has 1 unspecified atom stereocenters. The van der Waals surface area contributed by atoms with E-state index in [0.29, 0.717) is 30.2 Å². The molecular formula is C18H19NO4. The molecule has 1 aliphatic heterocycles. The van der Waals surface area contributed by atoms with Crippen LogP contribution in [0.25, 0.3) is 0 Å². The van der Waals surface area contributed by atoms with Gasteiger partial charge in [0.2, 0.25) is 0 Å². The predicted octanol–water partition coefficient (Wildman–Crippen LogP) is 2.54. The summed E-state index contributed by atoms with van der Waals surface area (Å²) in [6.07, 6.45) is -0.0499. The van der Waals surface area contributed by atoms with E-state index in [-0.39, 0.29) is 12.5 Å². The highest BCUT2D eigenvalue weighted by molar-refractivity contribution is 5.96. The van der Waals surface area contributed by atoms with Gasteiger partial charge in [-0.15, -0.1) is 0 Å². The second-order valence-corrected chi connectivity index (χ2v) is 5.38. The standard InChI is InChI=1S/C18H19NO4/c1-22-14-7-8-15-16(11-14)19(10-9-17(15)20)18(21)12-23-13-5-3-2-4-6-13/h2-8,11,17,20H,9-10,12H2,1H3. The first-order valence-electron chi connectivity index (χ1n) is 7.53. The number of hydrogen-bond donors (Lipinski definition) is 1. The van der Waals surface area contributed by atoms with Gasteiger partial charge in [0.05, 0.1) is 18.9 Å². The Morgan fingerprint density at radius 3 is 2.74 bits per heavy atom. The first kappa shape index (κ1) is 15.4. The number of anilines is 1. The lowest BCUT2D eigenvalue weighted by Gasteiger charge is -2.32. The van der Waals surface area contributed by atoms with Crippen molar-refractivity contribution in [2.24, 2.45) is 0 Å². The molecule has 0 saturated heterocycles. The maximum Gasteiger partial charge on any atom is 0.264 e. The first-order chi connectivity index (χ1) is 11.2. The number of hydrogen-bond acceptors (Lipinski definition) is 4. The van der Waals surface area contributed by atoms with Crippen molar-refractivity contribution in [3.05, 3.63) is 54.1 Å². The number of fused-ring (bicyclic) bond motifs is 1. The largest absolute Gasteiger partial charge is 0.497 e. The number of carbonyl (C=O) groups is 1. The number of para-hydroxylation sites is 1. The fraction of sp³-hybridized carbons (Fsp3) is 0.278. The van der Waals surface area contributed by atoms with E-state index in [1.807, 2.05) is 30.3 Å². The van der Waals surface area contributed by atoms with Gasteiger partial charge in [0.15, 0.2) is 6.61 Å². The Labute approximate surface area is 135 Å². The highest BCUT2D eigenvalue weighted by atomic mass is 16.5. The van der Waals surface area contributed by atoms with Crippen LogP contribution < -0.4 is 14.4 Å². The Morgan fingerprint density at radius 2 is 2.00 bits per heavy atom. The molecule has 0 fully saturated rings. The average Bonchev–Trinajstić information content (AvgIpc) is 2.60. The Hall–Kier alpha value is -2.53. The third kappa shape index (κ3) is 3.29. The molecule has 0 bridgehead atoms. The molecule has 1 amide bonds. The van der Waals surface area contributed by atoms with Gasteiger partial charge in [-0.05, 0) is 24.6 Å². The molecule has 0 aromatic heterocycles. The van der Waals surface area contributed by atoms with Crippen LogP contribution in [0.4, 0.5) is 5.69 Å². The fourth-order valence-electron chi connectivity index (χ4n) is 2.69. The summed E-state index contributed by atoms with van der Waals surface area (Å²) in [5.74, 6) is 1.17. The van der Waals surface area contributed by atoms with Crippen molar-refractivity contribution in [3.8, 4) is 11.5 Å². The summed E-state index contributed by atoms with van der Waals surface area (Å²) in [5.41, 5.74) is 1.43. The van der Waals surface area contributed by atoms with E-state index in [1.54, 1.807) is 30.2 Å². The van der Waals surface area contributed by atoms with Crippen LogP contribution in [0.15, 0.2) is 48.5 Å². The minimum Gasteiger partial charge on any atom is -0.497 e. The lowest BCUT2D eigenvalue weighted by molar-refractivity contribution is -0.120. The van der Waals surface area contributed by atoms with Gasteiger partial charge in [0.1, 0.15) is 11.5 Å². The van der Waals surface area contributed by atoms with Gasteiger partial charge in [-0.25, -0.2) is 0 Å². The van der Waals surface area contributed by atoms with Crippen molar-refractivity contribution in [2.45, 2.75) is 12.5 Å². The van der Waals surface area contributed by atoms with Gasteiger partial charge < -0.3 is 19.5 Å². The summed E-state index contributed by atoms with van der Waals surface area (Å²) in [6.45, 7) is 0.412. The van der Waals surface area contributed by atoms with Crippen LogP contribution in [-0.2, 0) is 4.79 Å². The molecule has 5 nitrogen and oxygen atoms in total. The maximum atomic E-state index is 12.5. The SMILES string of the molecule is COc1ccc2c(c1)N(C(=O)COc1ccccc1)CCC2O. The summed E-state index contributed by atoms with van der Waals surface area (Å²) < 4.78 is 10.8. The first-order valence-corrected chi connectivity index (χ1v) is 7.53. The molecular weight excluding hydrogens is 294 g/mol. The van der Waals surface area contributed by atoms with Crippen molar-refractivity contribution in [3.63, 3.8) is 0 Å². The van der Waals surface area contributed by atoms with E-state index in [4.69, 9.17) is 9.47 Å². The van der Waals surface area contributed by atoms with Crippen molar-refractivity contribution in [1.29, 1.82) is 0 Å². The highest BCUT2D eigenvalue weighted by Crippen LogP contribution is 2.36. The Kier molecular flexibility index (Phi) is 4.48. The van der Waals surface area contributed by atoms with Gasteiger partial charge in [0.25, 0.3) is 5.91 Å².